The van der Waals surface area contributed by atoms with Gasteiger partial charge in [0.1, 0.15) is 11.5 Å². The van der Waals surface area contributed by atoms with Crippen LogP contribution in [0.25, 0.3) is 11.5 Å². The third-order valence-electron chi connectivity index (χ3n) is 3.99. The SMILES string of the molecule is COc1ccccc1-c1nc(CC(=O)NCc2ccccc2Cl)c(C)o1. The molecular formula is C20H19ClN2O3. The van der Waals surface area contributed by atoms with Crippen LogP contribution in [-0.2, 0) is 17.8 Å². The standard InChI is InChI=1S/C20H19ClN2O3/c1-13-17(11-19(24)22-12-14-7-3-5-9-16(14)21)23-20(26-13)15-8-4-6-10-18(15)25-2/h3-10H,11-12H2,1-2H3,(H,22,24). The molecule has 0 atom stereocenters. The average molecular weight is 371 g/mol. The molecule has 0 fully saturated rings. The van der Waals surface area contributed by atoms with Crippen LogP contribution in [0.2, 0.25) is 5.02 Å². The summed E-state index contributed by atoms with van der Waals surface area (Å²) in [7, 11) is 1.59. The minimum atomic E-state index is -0.145. The lowest BCUT2D eigenvalue weighted by Crippen LogP contribution is -2.25. The van der Waals surface area contributed by atoms with Crippen molar-refractivity contribution in [1.29, 1.82) is 0 Å². The molecule has 6 heteroatoms. The van der Waals surface area contributed by atoms with Gasteiger partial charge in [-0.25, -0.2) is 4.98 Å². The van der Waals surface area contributed by atoms with Crippen LogP contribution < -0.4 is 10.1 Å². The van der Waals surface area contributed by atoms with Crippen LogP contribution in [0.15, 0.2) is 52.9 Å². The van der Waals surface area contributed by atoms with Crippen molar-refractivity contribution in [3.05, 3.63) is 70.6 Å². The van der Waals surface area contributed by atoms with E-state index in [2.05, 4.69) is 10.3 Å². The van der Waals surface area contributed by atoms with E-state index in [0.717, 1.165) is 11.1 Å². The van der Waals surface area contributed by atoms with Crippen molar-refractivity contribution in [3.63, 3.8) is 0 Å². The van der Waals surface area contributed by atoms with Crippen LogP contribution >= 0.6 is 11.6 Å². The number of hydrogen-bond donors (Lipinski definition) is 1. The first-order valence-corrected chi connectivity index (χ1v) is 8.56. The van der Waals surface area contributed by atoms with E-state index >= 15 is 0 Å². The predicted molar refractivity (Wildman–Crippen MR) is 100 cm³/mol. The van der Waals surface area contributed by atoms with Gasteiger partial charge in [-0.3, -0.25) is 4.79 Å². The van der Waals surface area contributed by atoms with Gasteiger partial charge in [-0.1, -0.05) is 41.9 Å². The predicted octanol–water partition coefficient (Wildman–Crippen LogP) is 4.17. The van der Waals surface area contributed by atoms with E-state index in [1.54, 1.807) is 20.1 Å². The van der Waals surface area contributed by atoms with Crippen molar-refractivity contribution in [1.82, 2.24) is 10.3 Å². The Morgan fingerprint density at radius 2 is 1.92 bits per heavy atom. The highest BCUT2D eigenvalue weighted by Crippen LogP contribution is 2.30. The van der Waals surface area contributed by atoms with Gasteiger partial charge < -0.3 is 14.5 Å². The van der Waals surface area contributed by atoms with Crippen molar-refractivity contribution in [3.8, 4) is 17.2 Å². The number of oxazole rings is 1. The molecule has 0 saturated carbocycles. The van der Waals surface area contributed by atoms with Crippen molar-refractivity contribution < 1.29 is 13.9 Å². The molecule has 1 aromatic heterocycles. The maximum atomic E-state index is 12.3. The van der Waals surface area contributed by atoms with Crippen LogP contribution in [0.4, 0.5) is 0 Å². The van der Waals surface area contributed by atoms with E-state index in [1.165, 1.54) is 0 Å². The molecule has 134 valence electrons. The third kappa shape index (κ3) is 4.06. The number of carbonyl (C=O) groups is 1. The summed E-state index contributed by atoms with van der Waals surface area (Å²) < 4.78 is 11.1. The minimum Gasteiger partial charge on any atom is -0.496 e. The Morgan fingerprint density at radius 3 is 2.69 bits per heavy atom. The summed E-state index contributed by atoms with van der Waals surface area (Å²) in [6.07, 6.45) is 0.134. The summed E-state index contributed by atoms with van der Waals surface area (Å²) in [5, 5.41) is 3.49. The van der Waals surface area contributed by atoms with Gasteiger partial charge in [-0.05, 0) is 30.7 Å². The number of para-hydroxylation sites is 1. The van der Waals surface area contributed by atoms with E-state index in [9.17, 15) is 4.79 Å². The van der Waals surface area contributed by atoms with Gasteiger partial charge in [0.05, 0.1) is 24.8 Å². The second kappa shape index (κ2) is 8.06. The second-order valence-electron chi connectivity index (χ2n) is 5.77. The quantitative estimate of drug-likeness (QED) is 0.707. The van der Waals surface area contributed by atoms with Crippen LogP contribution in [0.3, 0.4) is 0 Å². The first-order valence-electron chi connectivity index (χ1n) is 8.18. The van der Waals surface area contributed by atoms with Gasteiger partial charge >= 0.3 is 0 Å². The molecular weight excluding hydrogens is 352 g/mol. The van der Waals surface area contributed by atoms with Gasteiger partial charge in [0.15, 0.2) is 0 Å². The summed E-state index contributed by atoms with van der Waals surface area (Å²) in [4.78, 5) is 16.7. The molecule has 3 aromatic rings. The zero-order chi connectivity index (χ0) is 18.5. The number of nitrogens with one attached hydrogen (secondary N) is 1. The zero-order valence-electron chi connectivity index (χ0n) is 14.6. The number of benzene rings is 2. The van der Waals surface area contributed by atoms with Crippen LogP contribution in [0, 0.1) is 6.92 Å². The Labute approximate surface area is 157 Å². The Bertz CT molecular complexity index is 921. The number of aromatic nitrogens is 1. The number of halogens is 1. The van der Waals surface area contributed by atoms with Gasteiger partial charge in [-0.15, -0.1) is 0 Å². The number of amides is 1. The molecule has 1 heterocycles. The maximum Gasteiger partial charge on any atom is 0.230 e. The molecule has 0 saturated heterocycles. The molecule has 26 heavy (non-hydrogen) atoms. The second-order valence-corrected chi connectivity index (χ2v) is 6.17. The summed E-state index contributed by atoms with van der Waals surface area (Å²) in [6, 6.07) is 14.9. The highest BCUT2D eigenvalue weighted by atomic mass is 35.5. The monoisotopic (exact) mass is 370 g/mol. The molecule has 1 amide bonds. The van der Waals surface area contributed by atoms with Gasteiger partial charge in [-0.2, -0.15) is 0 Å². The average Bonchev–Trinajstić information content (AvgIpc) is 3.01. The lowest BCUT2D eigenvalue weighted by Gasteiger charge is -2.06. The van der Waals surface area contributed by atoms with E-state index in [1.807, 2.05) is 42.5 Å². The molecule has 3 rings (SSSR count). The maximum absolute atomic E-state index is 12.3. The fourth-order valence-corrected chi connectivity index (χ4v) is 2.78. The highest BCUT2D eigenvalue weighted by molar-refractivity contribution is 6.31. The summed E-state index contributed by atoms with van der Waals surface area (Å²) in [5.41, 5.74) is 2.22. The molecule has 0 aliphatic heterocycles. The summed E-state index contributed by atoms with van der Waals surface area (Å²) in [6.45, 7) is 2.16. The number of aryl methyl sites for hydroxylation is 1. The van der Waals surface area contributed by atoms with Crippen LogP contribution in [0.5, 0.6) is 5.75 Å². The largest absolute Gasteiger partial charge is 0.496 e. The summed E-state index contributed by atoms with van der Waals surface area (Å²) in [5.74, 6) is 1.57. The van der Waals surface area contributed by atoms with Crippen molar-refractivity contribution in [2.24, 2.45) is 0 Å². The fourth-order valence-electron chi connectivity index (χ4n) is 2.58. The molecule has 0 aliphatic carbocycles. The van der Waals surface area contributed by atoms with E-state index in [0.29, 0.717) is 34.7 Å². The lowest BCUT2D eigenvalue weighted by atomic mass is 10.2. The van der Waals surface area contributed by atoms with Crippen molar-refractivity contribution in [2.45, 2.75) is 19.9 Å². The normalized spacial score (nSPS) is 10.6. The number of ether oxygens (including phenoxy) is 1. The van der Waals surface area contributed by atoms with Crippen LogP contribution in [0.1, 0.15) is 17.0 Å². The van der Waals surface area contributed by atoms with Gasteiger partial charge in [0, 0.05) is 11.6 Å². The minimum absolute atomic E-state index is 0.134. The first kappa shape index (κ1) is 18.0. The number of hydrogen-bond acceptors (Lipinski definition) is 4. The Kier molecular flexibility index (Phi) is 5.58. The topological polar surface area (TPSA) is 64.4 Å². The number of methoxy groups -OCH3 is 1. The van der Waals surface area contributed by atoms with E-state index in [4.69, 9.17) is 20.8 Å². The third-order valence-corrected chi connectivity index (χ3v) is 4.36. The molecule has 0 radical (unpaired) electrons. The van der Waals surface area contributed by atoms with Crippen LogP contribution in [-0.4, -0.2) is 18.0 Å². The van der Waals surface area contributed by atoms with Crippen molar-refractivity contribution >= 4 is 17.5 Å². The number of rotatable bonds is 6. The highest BCUT2D eigenvalue weighted by Gasteiger charge is 2.17. The number of nitrogens with zero attached hydrogens (tertiary/aromatic N) is 1. The smallest absolute Gasteiger partial charge is 0.230 e. The van der Waals surface area contributed by atoms with E-state index in [-0.39, 0.29) is 12.3 Å². The lowest BCUT2D eigenvalue weighted by molar-refractivity contribution is -0.120. The van der Waals surface area contributed by atoms with Crippen molar-refractivity contribution in [2.75, 3.05) is 7.11 Å². The molecule has 2 aromatic carbocycles. The summed E-state index contributed by atoms with van der Waals surface area (Å²) >= 11 is 6.10. The number of carbonyl (C=O) groups excluding carboxylic acids is 1. The molecule has 1 N–H and O–H groups in total. The molecule has 0 bridgehead atoms. The molecule has 0 aliphatic rings. The Balaban J connectivity index is 1.70. The fraction of sp³-hybridized carbons (Fsp3) is 0.200. The molecule has 5 nitrogen and oxygen atoms in total. The molecule has 0 spiro atoms. The molecule has 0 unspecified atom stereocenters. The Hall–Kier alpha value is -2.79. The van der Waals surface area contributed by atoms with E-state index < -0.39 is 0 Å². The van der Waals surface area contributed by atoms with Gasteiger partial charge in [0.25, 0.3) is 0 Å². The van der Waals surface area contributed by atoms with Gasteiger partial charge in [0.2, 0.25) is 11.8 Å². The zero-order valence-corrected chi connectivity index (χ0v) is 15.3. The Morgan fingerprint density at radius 1 is 1.19 bits per heavy atom. The first-order chi connectivity index (χ1) is 12.6.